The molecular weight excluding hydrogens is 269 g/mol. The van der Waals surface area contributed by atoms with E-state index in [0.29, 0.717) is 16.3 Å². The van der Waals surface area contributed by atoms with Crippen LogP contribution in [-0.2, 0) is 0 Å². The van der Waals surface area contributed by atoms with Crippen LogP contribution in [0, 0.1) is 17.7 Å². The minimum absolute atomic E-state index is 0.118. The van der Waals surface area contributed by atoms with Crippen LogP contribution in [0.15, 0.2) is 22.7 Å². The quantitative estimate of drug-likeness (QED) is 0.885. The molecule has 0 aliphatic heterocycles. The molecule has 0 aromatic heterocycles. The van der Waals surface area contributed by atoms with Crippen molar-refractivity contribution >= 4 is 15.9 Å². The highest BCUT2D eigenvalue weighted by Crippen LogP contribution is 2.47. The summed E-state index contributed by atoms with van der Waals surface area (Å²) in [4.78, 5) is 0. The molecule has 1 saturated carbocycles. The second-order valence-corrected chi connectivity index (χ2v) is 5.41. The van der Waals surface area contributed by atoms with Gasteiger partial charge in [0.2, 0.25) is 0 Å². The van der Waals surface area contributed by atoms with Gasteiger partial charge in [-0.3, -0.25) is 0 Å². The van der Waals surface area contributed by atoms with Gasteiger partial charge in [0.05, 0.1) is 4.47 Å². The smallest absolute Gasteiger partial charge is 0.142 e. The van der Waals surface area contributed by atoms with Crippen molar-refractivity contribution in [2.24, 2.45) is 11.8 Å². The minimum Gasteiger partial charge on any atom is -0.310 e. The Bertz CT molecular complexity index is 380. The summed E-state index contributed by atoms with van der Waals surface area (Å²) < 4.78 is 14.6. The zero-order chi connectivity index (χ0) is 11.7. The Labute approximate surface area is 105 Å². The maximum absolute atomic E-state index is 14.0. The zero-order valence-corrected chi connectivity index (χ0v) is 11.2. The van der Waals surface area contributed by atoms with E-state index in [1.807, 2.05) is 12.1 Å². The molecule has 1 N–H and O–H groups in total. The van der Waals surface area contributed by atoms with Crippen molar-refractivity contribution in [1.29, 1.82) is 0 Å². The average Bonchev–Trinajstić information content (AvgIpc) is 2.97. The predicted molar refractivity (Wildman–Crippen MR) is 67.8 cm³/mol. The summed E-state index contributed by atoms with van der Waals surface area (Å²) >= 11 is 3.25. The van der Waals surface area contributed by atoms with E-state index in [9.17, 15) is 4.39 Å². The van der Waals surface area contributed by atoms with Gasteiger partial charge in [0.15, 0.2) is 0 Å². The number of nitrogens with one attached hydrogen (secondary N) is 1. The molecule has 0 amide bonds. The van der Waals surface area contributed by atoms with Gasteiger partial charge in [-0.25, -0.2) is 4.39 Å². The SMILES string of the molecule is CCNC(c1cccc(Br)c1F)C1CC1C. The van der Waals surface area contributed by atoms with E-state index in [1.54, 1.807) is 6.07 Å². The summed E-state index contributed by atoms with van der Waals surface area (Å²) in [6, 6.07) is 5.70. The molecule has 1 aromatic rings. The number of hydrogen-bond acceptors (Lipinski definition) is 1. The molecule has 0 radical (unpaired) electrons. The highest BCUT2D eigenvalue weighted by molar-refractivity contribution is 9.10. The van der Waals surface area contributed by atoms with Crippen LogP contribution in [0.25, 0.3) is 0 Å². The molecule has 1 aliphatic carbocycles. The van der Waals surface area contributed by atoms with Gasteiger partial charge in [-0.2, -0.15) is 0 Å². The van der Waals surface area contributed by atoms with Crippen LogP contribution in [0.1, 0.15) is 31.9 Å². The van der Waals surface area contributed by atoms with Crippen LogP contribution in [0.2, 0.25) is 0 Å². The third-order valence-electron chi connectivity index (χ3n) is 3.34. The molecule has 1 aliphatic rings. The lowest BCUT2D eigenvalue weighted by molar-refractivity contribution is 0.451. The Kier molecular flexibility index (Phi) is 3.65. The number of halogens is 2. The van der Waals surface area contributed by atoms with Crippen molar-refractivity contribution < 1.29 is 4.39 Å². The lowest BCUT2D eigenvalue weighted by Gasteiger charge is -2.19. The number of hydrogen-bond donors (Lipinski definition) is 1. The molecule has 2 rings (SSSR count). The molecule has 0 bridgehead atoms. The van der Waals surface area contributed by atoms with Crippen molar-refractivity contribution in [3.63, 3.8) is 0 Å². The second kappa shape index (κ2) is 4.84. The molecule has 0 saturated heterocycles. The summed E-state index contributed by atoms with van der Waals surface area (Å²) in [5, 5.41) is 3.40. The Morgan fingerprint density at radius 2 is 2.25 bits per heavy atom. The summed E-state index contributed by atoms with van der Waals surface area (Å²) in [5.74, 6) is 1.18. The van der Waals surface area contributed by atoms with Gasteiger partial charge in [-0.1, -0.05) is 26.0 Å². The fourth-order valence-electron chi connectivity index (χ4n) is 2.29. The van der Waals surface area contributed by atoms with E-state index in [4.69, 9.17) is 0 Å². The van der Waals surface area contributed by atoms with Crippen LogP contribution in [0.5, 0.6) is 0 Å². The Balaban J connectivity index is 2.28. The first-order valence-electron chi connectivity index (χ1n) is 5.82. The second-order valence-electron chi connectivity index (χ2n) is 4.56. The first-order chi connectivity index (χ1) is 7.65. The topological polar surface area (TPSA) is 12.0 Å². The first kappa shape index (κ1) is 12.1. The van der Waals surface area contributed by atoms with Gasteiger partial charge in [0.1, 0.15) is 5.82 Å². The zero-order valence-electron chi connectivity index (χ0n) is 9.63. The standard InChI is InChI=1S/C13H17BrFN/c1-3-16-13(10-7-8(10)2)9-5-4-6-11(14)12(9)15/h4-6,8,10,13,16H,3,7H2,1-2H3. The van der Waals surface area contributed by atoms with Crippen LogP contribution in [-0.4, -0.2) is 6.54 Å². The van der Waals surface area contributed by atoms with E-state index in [0.717, 1.165) is 12.1 Å². The first-order valence-corrected chi connectivity index (χ1v) is 6.61. The molecule has 0 heterocycles. The van der Waals surface area contributed by atoms with E-state index < -0.39 is 0 Å². The molecule has 3 atom stereocenters. The van der Waals surface area contributed by atoms with Crippen molar-refractivity contribution in [1.82, 2.24) is 5.32 Å². The van der Waals surface area contributed by atoms with Crippen molar-refractivity contribution in [3.05, 3.63) is 34.1 Å². The monoisotopic (exact) mass is 285 g/mol. The van der Waals surface area contributed by atoms with E-state index >= 15 is 0 Å². The molecule has 3 unspecified atom stereocenters. The molecular formula is C13H17BrFN. The molecule has 3 heteroatoms. The summed E-state index contributed by atoms with van der Waals surface area (Å²) in [6.07, 6.45) is 1.20. The highest BCUT2D eigenvalue weighted by Gasteiger charge is 2.40. The summed E-state index contributed by atoms with van der Waals surface area (Å²) in [5.41, 5.74) is 0.797. The third kappa shape index (κ3) is 2.30. The van der Waals surface area contributed by atoms with Gasteiger partial charge < -0.3 is 5.32 Å². The summed E-state index contributed by atoms with van der Waals surface area (Å²) in [6.45, 7) is 5.17. The van der Waals surface area contributed by atoms with E-state index in [2.05, 4.69) is 35.1 Å². The fraction of sp³-hybridized carbons (Fsp3) is 0.538. The maximum Gasteiger partial charge on any atom is 0.142 e. The molecule has 1 aromatic carbocycles. The van der Waals surface area contributed by atoms with Gasteiger partial charge in [0, 0.05) is 11.6 Å². The Hall–Kier alpha value is -0.410. The predicted octanol–water partition coefficient (Wildman–Crippen LogP) is 3.89. The Morgan fingerprint density at radius 1 is 1.56 bits per heavy atom. The third-order valence-corrected chi connectivity index (χ3v) is 3.95. The van der Waals surface area contributed by atoms with Gasteiger partial charge in [-0.15, -0.1) is 0 Å². The molecule has 1 nitrogen and oxygen atoms in total. The van der Waals surface area contributed by atoms with Crippen LogP contribution in [0.4, 0.5) is 4.39 Å². The average molecular weight is 286 g/mol. The number of rotatable bonds is 4. The minimum atomic E-state index is -0.118. The molecule has 16 heavy (non-hydrogen) atoms. The van der Waals surface area contributed by atoms with Crippen LogP contribution >= 0.6 is 15.9 Å². The Morgan fingerprint density at radius 3 is 2.81 bits per heavy atom. The van der Waals surface area contributed by atoms with E-state index in [1.165, 1.54) is 6.42 Å². The van der Waals surface area contributed by atoms with E-state index in [-0.39, 0.29) is 11.9 Å². The lowest BCUT2D eigenvalue weighted by Crippen LogP contribution is -2.24. The fourth-order valence-corrected chi connectivity index (χ4v) is 2.67. The largest absolute Gasteiger partial charge is 0.310 e. The van der Waals surface area contributed by atoms with Crippen molar-refractivity contribution in [3.8, 4) is 0 Å². The maximum atomic E-state index is 14.0. The number of benzene rings is 1. The lowest BCUT2D eigenvalue weighted by atomic mass is 10.0. The van der Waals surface area contributed by atoms with Crippen molar-refractivity contribution in [2.45, 2.75) is 26.3 Å². The van der Waals surface area contributed by atoms with Crippen molar-refractivity contribution in [2.75, 3.05) is 6.54 Å². The highest BCUT2D eigenvalue weighted by atomic mass is 79.9. The normalized spacial score (nSPS) is 25.5. The van der Waals surface area contributed by atoms with Gasteiger partial charge in [0.25, 0.3) is 0 Å². The van der Waals surface area contributed by atoms with Gasteiger partial charge >= 0.3 is 0 Å². The summed E-state index contributed by atoms with van der Waals surface area (Å²) in [7, 11) is 0. The molecule has 0 spiro atoms. The van der Waals surface area contributed by atoms with Crippen LogP contribution in [0.3, 0.4) is 0 Å². The molecule has 88 valence electrons. The van der Waals surface area contributed by atoms with Crippen LogP contribution < -0.4 is 5.32 Å². The van der Waals surface area contributed by atoms with Gasteiger partial charge in [-0.05, 0) is 46.8 Å². The molecule has 1 fully saturated rings.